The summed E-state index contributed by atoms with van der Waals surface area (Å²) in [5.41, 5.74) is 0.454. The Labute approximate surface area is 96.7 Å². The minimum absolute atomic E-state index is 0.378. The van der Waals surface area contributed by atoms with Crippen molar-refractivity contribution in [3.05, 3.63) is 34.3 Å². The third-order valence-corrected chi connectivity index (χ3v) is 2.99. The number of imidazole rings is 1. The molecule has 0 spiro atoms. The molecule has 2 heterocycles. The van der Waals surface area contributed by atoms with E-state index >= 15 is 0 Å². The predicted molar refractivity (Wildman–Crippen MR) is 59.5 cm³/mol. The predicted octanol–water partition coefficient (Wildman–Crippen LogP) is 1.48. The van der Waals surface area contributed by atoms with Crippen LogP contribution in [0.1, 0.15) is 21.3 Å². The van der Waals surface area contributed by atoms with Crippen LogP contribution in [0.15, 0.2) is 17.8 Å². The average molecular weight is 237 g/mol. The molecular formula is C10H11N3O2S. The van der Waals surface area contributed by atoms with Crippen LogP contribution < -0.4 is 0 Å². The number of carbonyl (C=O) groups is 1. The lowest BCUT2D eigenvalue weighted by Crippen LogP contribution is -2.12. The van der Waals surface area contributed by atoms with E-state index in [9.17, 15) is 4.79 Å². The van der Waals surface area contributed by atoms with Crippen molar-refractivity contribution in [3.63, 3.8) is 0 Å². The van der Waals surface area contributed by atoms with Crippen LogP contribution in [0, 0.1) is 6.92 Å². The Morgan fingerprint density at radius 2 is 2.38 bits per heavy atom. The molecule has 5 nitrogen and oxygen atoms in total. The highest BCUT2D eigenvalue weighted by molar-refractivity contribution is 7.09. The lowest BCUT2D eigenvalue weighted by Gasteiger charge is -2.06. The molecule has 0 fully saturated rings. The first kappa shape index (κ1) is 10.8. The van der Waals surface area contributed by atoms with Crippen LogP contribution >= 0.6 is 11.3 Å². The monoisotopic (exact) mass is 237 g/mol. The van der Waals surface area contributed by atoms with Crippen molar-refractivity contribution in [2.75, 3.05) is 7.11 Å². The maximum atomic E-state index is 11.5. The second-order valence-electron chi connectivity index (χ2n) is 3.19. The molecule has 16 heavy (non-hydrogen) atoms. The van der Waals surface area contributed by atoms with Gasteiger partial charge in [0.1, 0.15) is 16.5 Å². The molecule has 0 atom stereocenters. The minimum atomic E-state index is -0.378. The first-order valence-corrected chi connectivity index (χ1v) is 5.59. The number of rotatable bonds is 3. The average Bonchev–Trinajstić information content (AvgIpc) is 2.90. The van der Waals surface area contributed by atoms with Crippen LogP contribution in [0.25, 0.3) is 0 Å². The molecule has 0 radical (unpaired) electrons. The van der Waals surface area contributed by atoms with Gasteiger partial charge < -0.3 is 9.30 Å². The van der Waals surface area contributed by atoms with Gasteiger partial charge in [0.25, 0.3) is 0 Å². The fraction of sp³-hybridized carbons (Fsp3) is 0.300. The second-order valence-corrected chi connectivity index (χ2v) is 4.17. The van der Waals surface area contributed by atoms with Gasteiger partial charge in [-0.3, -0.25) is 0 Å². The Morgan fingerprint density at radius 1 is 1.56 bits per heavy atom. The summed E-state index contributed by atoms with van der Waals surface area (Å²) in [5.74, 6) is 0.396. The molecule has 0 aromatic carbocycles. The Kier molecular flexibility index (Phi) is 3.00. The summed E-state index contributed by atoms with van der Waals surface area (Å²) in [6.45, 7) is 2.40. The van der Waals surface area contributed by atoms with Crippen molar-refractivity contribution in [2.24, 2.45) is 0 Å². The van der Waals surface area contributed by atoms with Crippen molar-refractivity contribution in [3.8, 4) is 0 Å². The summed E-state index contributed by atoms with van der Waals surface area (Å²) in [7, 11) is 1.36. The number of hydrogen-bond donors (Lipinski definition) is 0. The molecule has 6 heteroatoms. The molecule has 84 valence electrons. The summed E-state index contributed by atoms with van der Waals surface area (Å²) in [6, 6.07) is 0. The van der Waals surface area contributed by atoms with E-state index in [2.05, 4.69) is 9.97 Å². The van der Waals surface area contributed by atoms with Gasteiger partial charge in [0.05, 0.1) is 19.9 Å². The van der Waals surface area contributed by atoms with E-state index in [1.165, 1.54) is 13.3 Å². The first-order chi connectivity index (χ1) is 7.72. The summed E-state index contributed by atoms with van der Waals surface area (Å²) in [6.07, 6.45) is 3.26. The van der Waals surface area contributed by atoms with Crippen LogP contribution in [0.5, 0.6) is 0 Å². The van der Waals surface area contributed by atoms with Gasteiger partial charge >= 0.3 is 5.97 Å². The molecule has 0 saturated carbocycles. The molecule has 0 bridgehead atoms. The van der Waals surface area contributed by atoms with Crippen molar-refractivity contribution in [2.45, 2.75) is 13.5 Å². The maximum absolute atomic E-state index is 11.5. The Balaban J connectivity index is 2.32. The zero-order valence-corrected chi connectivity index (χ0v) is 9.82. The number of carbonyl (C=O) groups excluding carboxylic acids is 1. The molecule has 0 N–H and O–H groups in total. The van der Waals surface area contributed by atoms with Gasteiger partial charge in [-0.2, -0.15) is 0 Å². The standard InChI is InChI=1S/C10H11N3O2S/c1-7-12-5-8(10(14)15-2)13(7)6-9-11-3-4-16-9/h3-5H,6H2,1-2H3. The molecule has 2 aromatic rings. The highest BCUT2D eigenvalue weighted by atomic mass is 32.1. The molecule has 0 saturated heterocycles. The SMILES string of the molecule is COC(=O)c1cnc(C)n1Cc1nccs1. The number of thiazole rings is 1. The maximum Gasteiger partial charge on any atom is 0.356 e. The first-order valence-electron chi connectivity index (χ1n) is 4.71. The molecule has 0 aliphatic heterocycles. The Morgan fingerprint density at radius 3 is 3.00 bits per heavy atom. The topological polar surface area (TPSA) is 57.0 Å². The molecule has 0 amide bonds. The fourth-order valence-corrected chi connectivity index (χ4v) is 2.01. The second kappa shape index (κ2) is 4.44. The van der Waals surface area contributed by atoms with Gasteiger partial charge in [0, 0.05) is 11.6 Å². The molecule has 0 aliphatic rings. The van der Waals surface area contributed by atoms with Gasteiger partial charge in [0.2, 0.25) is 0 Å². The van der Waals surface area contributed by atoms with Gasteiger partial charge in [-0.1, -0.05) is 0 Å². The third kappa shape index (κ3) is 1.96. The Hall–Kier alpha value is -1.69. The number of aryl methyl sites for hydroxylation is 1. The summed E-state index contributed by atoms with van der Waals surface area (Å²) in [4.78, 5) is 19.8. The number of methoxy groups -OCH3 is 1. The van der Waals surface area contributed by atoms with Crippen molar-refractivity contribution >= 4 is 17.3 Å². The van der Waals surface area contributed by atoms with Crippen LogP contribution in [0.3, 0.4) is 0 Å². The van der Waals surface area contributed by atoms with Crippen molar-refractivity contribution < 1.29 is 9.53 Å². The number of aromatic nitrogens is 3. The smallest absolute Gasteiger partial charge is 0.356 e. The zero-order chi connectivity index (χ0) is 11.5. The van der Waals surface area contributed by atoms with Gasteiger partial charge in [0.15, 0.2) is 0 Å². The van der Waals surface area contributed by atoms with Crippen LogP contribution in [-0.2, 0) is 11.3 Å². The van der Waals surface area contributed by atoms with Gasteiger partial charge in [-0.05, 0) is 6.92 Å². The molecule has 2 aromatic heterocycles. The van der Waals surface area contributed by atoms with Crippen LogP contribution in [-0.4, -0.2) is 27.6 Å². The largest absolute Gasteiger partial charge is 0.464 e. The quantitative estimate of drug-likeness (QED) is 0.759. The number of esters is 1. The van der Waals surface area contributed by atoms with E-state index in [4.69, 9.17) is 4.74 Å². The lowest BCUT2D eigenvalue weighted by atomic mass is 10.4. The van der Waals surface area contributed by atoms with E-state index in [0.29, 0.717) is 12.2 Å². The van der Waals surface area contributed by atoms with Crippen molar-refractivity contribution in [1.29, 1.82) is 0 Å². The van der Waals surface area contributed by atoms with Crippen LogP contribution in [0.4, 0.5) is 0 Å². The lowest BCUT2D eigenvalue weighted by molar-refractivity contribution is 0.0588. The summed E-state index contributed by atoms with van der Waals surface area (Å²) < 4.78 is 6.49. The zero-order valence-electron chi connectivity index (χ0n) is 9.01. The summed E-state index contributed by atoms with van der Waals surface area (Å²) >= 11 is 1.55. The van der Waals surface area contributed by atoms with Crippen molar-refractivity contribution in [1.82, 2.24) is 14.5 Å². The van der Waals surface area contributed by atoms with E-state index in [1.807, 2.05) is 12.3 Å². The molecular weight excluding hydrogens is 226 g/mol. The highest BCUT2D eigenvalue weighted by Gasteiger charge is 2.15. The number of nitrogens with zero attached hydrogens (tertiary/aromatic N) is 3. The molecule has 2 rings (SSSR count). The van der Waals surface area contributed by atoms with Crippen LogP contribution in [0.2, 0.25) is 0 Å². The third-order valence-electron chi connectivity index (χ3n) is 2.23. The van der Waals surface area contributed by atoms with Gasteiger partial charge in [-0.25, -0.2) is 14.8 Å². The number of ether oxygens (including phenoxy) is 1. The van der Waals surface area contributed by atoms with E-state index < -0.39 is 0 Å². The Bertz CT molecular complexity index is 490. The molecule has 0 unspecified atom stereocenters. The summed E-state index contributed by atoms with van der Waals surface area (Å²) in [5, 5.41) is 2.84. The van der Waals surface area contributed by atoms with Gasteiger partial charge in [-0.15, -0.1) is 11.3 Å². The molecule has 0 aliphatic carbocycles. The number of hydrogen-bond acceptors (Lipinski definition) is 5. The highest BCUT2D eigenvalue weighted by Crippen LogP contribution is 2.12. The van der Waals surface area contributed by atoms with E-state index in [0.717, 1.165) is 10.8 Å². The normalized spacial score (nSPS) is 10.4. The fourth-order valence-electron chi connectivity index (χ4n) is 1.40. The van der Waals surface area contributed by atoms with E-state index in [-0.39, 0.29) is 5.97 Å². The minimum Gasteiger partial charge on any atom is -0.464 e. The van der Waals surface area contributed by atoms with E-state index in [1.54, 1.807) is 22.1 Å².